The van der Waals surface area contributed by atoms with Crippen LogP contribution in [0.5, 0.6) is 0 Å². The van der Waals surface area contributed by atoms with Crippen LogP contribution in [0.25, 0.3) is 0 Å². The van der Waals surface area contributed by atoms with Crippen LogP contribution < -0.4 is 0 Å². The number of pyridine rings is 1. The third-order valence-electron chi connectivity index (χ3n) is 4.24. The smallest absolute Gasteiger partial charge is 0.323 e. The summed E-state index contributed by atoms with van der Waals surface area (Å²) in [5.74, 6) is 0.781. The van der Waals surface area contributed by atoms with E-state index in [4.69, 9.17) is 4.74 Å². The Kier molecular flexibility index (Phi) is 3.78. The highest BCUT2D eigenvalue weighted by atomic mass is 16.5. The van der Waals surface area contributed by atoms with Gasteiger partial charge in [-0.1, -0.05) is 6.07 Å². The highest BCUT2D eigenvalue weighted by Crippen LogP contribution is 2.31. The molecule has 3 heterocycles. The molecule has 4 nitrogen and oxygen atoms in total. The predicted octanol–water partition coefficient (Wildman–Crippen LogP) is 1.65. The van der Waals surface area contributed by atoms with Crippen molar-refractivity contribution < 1.29 is 9.53 Å². The van der Waals surface area contributed by atoms with E-state index >= 15 is 0 Å². The molecular weight excluding hydrogens is 240 g/mol. The summed E-state index contributed by atoms with van der Waals surface area (Å²) < 4.78 is 5.43. The van der Waals surface area contributed by atoms with Crippen molar-refractivity contribution in [1.82, 2.24) is 9.88 Å². The fourth-order valence-electron chi connectivity index (χ4n) is 3.14. The zero-order valence-electron chi connectivity index (χ0n) is 11.1. The van der Waals surface area contributed by atoms with Gasteiger partial charge in [-0.05, 0) is 43.4 Å². The number of piperidine rings is 1. The Hall–Kier alpha value is -1.42. The van der Waals surface area contributed by atoms with Crippen molar-refractivity contribution in [1.29, 1.82) is 0 Å². The third-order valence-corrected chi connectivity index (χ3v) is 4.24. The molecule has 1 aromatic heterocycles. The van der Waals surface area contributed by atoms with Crippen LogP contribution >= 0.6 is 0 Å². The number of ether oxygens (including phenoxy) is 1. The highest BCUT2D eigenvalue weighted by Gasteiger charge is 2.37. The lowest BCUT2D eigenvalue weighted by atomic mass is 9.96. The van der Waals surface area contributed by atoms with Gasteiger partial charge < -0.3 is 4.74 Å². The minimum Gasteiger partial charge on any atom is -0.464 e. The van der Waals surface area contributed by atoms with Gasteiger partial charge in [-0.2, -0.15) is 0 Å². The summed E-state index contributed by atoms with van der Waals surface area (Å²) in [4.78, 5) is 18.4. The minimum absolute atomic E-state index is 0.00708. The molecule has 0 amide bonds. The number of aromatic nitrogens is 1. The molecule has 2 fully saturated rings. The number of nitrogens with zero attached hydrogens (tertiary/aromatic N) is 2. The van der Waals surface area contributed by atoms with Gasteiger partial charge in [0.05, 0.1) is 6.61 Å². The number of carbonyl (C=O) groups excluding carboxylic acids is 1. The first-order chi connectivity index (χ1) is 9.33. The first kappa shape index (κ1) is 12.6. The second-order valence-electron chi connectivity index (χ2n) is 5.52. The second-order valence-corrected chi connectivity index (χ2v) is 5.52. The number of hydrogen-bond donors (Lipinski definition) is 0. The lowest BCUT2D eigenvalue weighted by Gasteiger charge is -2.30. The Morgan fingerprint density at radius 2 is 2.37 bits per heavy atom. The van der Waals surface area contributed by atoms with Crippen molar-refractivity contribution in [2.24, 2.45) is 5.92 Å². The van der Waals surface area contributed by atoms with Crippen LogP contribution in [0.3, 0.4) is 0 Å². The van der Waals surface area contributed by atoms with E-state index in [0.717, 1.165) is 37.4 Å². The summed E-state index contributed by atoms with van der Waals surface area (Å²) in [5.41, 5.74) is 1.11. The molecule has 4 heteroatoms. The molecule has 2 aliphatic rings. The molecule has 1 aromatic rings. The van der Waals surface area contributed by atoms with E-state index in [2.05, 4.69) is 9.88 Å². The van der Waals surface area contributed by atoms with Gasteiger partial charge >= 0.3 is 5.97 Å². The Morgan fingerprint density at radius 1 is 1.42 bits per heavy atom. The molecule has 3 unspecified atom stereocenters. The molecule has 2 saturated heterocycles. The van der Waals surface area contributed by atoms with Crippen LogP contribution in [0.1, 0.15) is 24.8 Å². The number of fused-ring (bicyclic) bond motifs is 2. The number of carbonyl (C=O) groups is 1. The molecule has 19 heavy (non-hydrogen) atoms. The summed E-state index contributed by atoms with van der Waals surface area (Å²) in [6, 6.07) is 3.92. The molecule has 2 bridgehead atoms. The average molecular weight is 260 g/mol. The molecule has 0 N–H and O–H groups in total. The zero-order valence-corrected chi connectivity index (χ0v) is 11.1. The first-order valence-electron chi connectivity index (χ1n) is 7.12. The van der Waals surface area contributed by atoms with E-state index in [1.807, 2.05) is 18.3 Å². The van der Waals surface area contributed by atoms with Crippen LogP contribution in [0.4, 0.5) is 0 Å². The van der Waals surface area contributed by atoms with E-state index in [9.17, 15) is 4.79 Å². The van der Waals surface area contributed by atoms with Gasteiger partial charge in [0, 0.05) is 25.4 Å². The Morgan fingerprint density at radius 3 is 3.21 bits per heavy atom. The van der Waals surface area contributed by atoms with Crippen molar-refractivity contribution in [3.05, 3.63) is 30.1 Å². The fraction of sp³-hybridized carbons (Fsp3) is 0.600. The zero-order chi connectivity index (χ0) is 13.1. The normalized spacial score (nSPS) is 29.2. The van der Waals surface area contributed by atoms with Crippen LogP contribution in [-0.2, 0) is 16.0 Å². The molecule has 2 aliphatic heterocycles. The van der Waals surface area contributed by atoms with Crippen molar-refractivity contribution in [3.63, 3.8) is 0 Å². The maximum atomic E-state index is 12.1. The molecule has 3 atom stereocenters. The Labute approximate surface area is 113 Å². The van der Waals surface area contributed by atoms with Crippen LogP contribution in [0.2, 0.25) is 0 Å². The first-order valence-corrected chi connectivity index (χ1v) is 7.12. The summed E-state index contributed by atoms with van der Waals surface area (Å²) >= 11 is 0. The van der Waals surface area contributed by atoms with Crippen molar-refractivity contribution in [2.45, 2.75) is 31.7 Å². The summed E-state index contributed by atoms with van der Waals surface area (Å²) in [5, 5.41) is 0. The molecule has 0 radical (unpaired) electrons. The highest BCUT2D eigenvalue weighted by molar-refractivity contribution is 5.76. The van der Waals surface area contributed by atoms with E-state index in [-0.39, 0.29) is 12.0 Å². The Bertz CT molecular complexity index is 435. The maximum Gasteiger partial charge on any atom is 0.323 e. The SMILES string of the molecule is O=C(OCCc1cccnc1)C1CCC2CCN1C2. The topological polar surface area (TPSA) is 42.4 Å². The van der Waals surface area contributed by atoms with Crippen LogP contribution in [-0.4, -0.2) is 41.6 Å². The van der Waals surface area contributed by atoms with Gasteiger partial charge in [0.25, 0.3) is 0 Å². The fourth-order valence-corrected chi connectivity index (χ4v) is 3.14. The van der Waals surface area contributed by atoms with Crippen molar-refractivity contribution in [2.75, 3.05) is 19.7 Å². The van der Waals surface area contributed by atoms with E-state index in [1.54, 1.807) is 6.20 Å². The molecule has 102 valence electrons. The third kappa shape index (κ3) is 2.95. The van der Waals surface area contributed by atoms with E-state index in [1.165, 1.54) is 12.8 Å². The Balaban J connectivity index is 1.46. The van der Waals surface area contributed by atoms with Gasteiger partial charge in [-0.15, -0.1) is 0 Å². The maximum absolute atomic E-state index is 12.1. The quantitative estimate of drug-likeness (QED) is 0.772. The predicted molar refractivity (Wildman–Crippen MR) is 71.6 cm³/mol. The lowest BCUT2D eigenvalue weighted by Crippen LogP contribution is -2.43. The van der Waals surface area contributed by atoms with Crippen molar-refractivity contribution in [3.8, 4) is 0 Å². The minimum atomic E-state index is -0.0377. The number of esters is 1. The monoisotopic (exact) mass is 260 g/mol. The van der Waals surface area contributed by atoms with Crippen LogP contribution in [0, 0.1) is 5.92 Å². The summed E-state index contributed by atoms with van der Waals surface area (Å²) in [7, 11) is 0. The van der Waals surface area contributed by atoms with Gasteiger partial charge in [-0.25, -0.2) is 0 Å². The molecule has 0 saturated carbocycles. The average Bonchev–Trinajstić information content (AvgIpc) is 2.81. The number of hydrogen-bond acceptors (Lipinski definition) is 4. The van der Waals surface area contributed by atoms with E-state index in [0.29, 0.717) is 6.61 Å². The second kappa shape index (κ2) is 5.70. The standard InChI is InChI=1S/C15H20N2O2/c18-15(14-4-3-13-5-8-17(14)11-13)19-9-6-12-2-1-7-16-10-12/h1-2,7,10,13-14H,3-6,8-9,11H2. The molecule has 0 aliphatic carbocycles. The molecule has 3 rings (SSSR count). The summed E-state index contributed by atoms with van der Waals surface area (Å²) in [6.07, 6.45) is 7.71. The van der Waals surface area contributed by atoms with E-state index < -0.39 is 0 Å². The van der Waals surface area contributed by atoms with Gasteiger partial charge in [0.15, 0.2) is 0 Å². The summed E-state index contributed by atoms with van der Waals surface area (Å²) in [6.45, 7) is 2.60. The molecular formula is C15H20N2O2. The van der Waals surface area contributed by atoms with Crippen LogP contribution in [0.15, 0.2) is 24.5 Å². The van der Waals surface area contributed by atoms with Gasteiger partial charge in [0.1, 0.15) is 6.04 Å². The molecule has 0 spiro atoms. The van der Waals surface area contributed by atoms with Crippen molar-refractivity contribution >= 4 is 5.97 Å². The number of rotatable bonds is 4. The largest absolute Gasteiger partial charge is 0.464 e. The molecule has 0 aromatic carbocycles. The lowest BCUT2D eigenvalue weighted by molar-refractivity contribution is -0.150. The van der Waals surface area contributed by atoms with Gasteiger partial charge in [0.2, 0.25) is 0 Å². The van der Waals surface area contributed by atoms with Gasteiger partial charge in [-0.3, -0.25) is 14.7 Å².